The van der Waals surface area contributed by atoms with Crippen LogP contribution in [0.5, 0.6) is 5.75 Å². The Labute approximate surface area is 195 Å². The van der Waals surface area contributed by atoms with Gasteiger partial charge in [0.15, 0.2) is 0 Å². The number of imidazole rings is 1. The molecule has 2 heterocycles. The van der Waals surface area contributed by atoms with Crippen LogP contribution < -0.4 is 10.1 Å². The van der Waals surface area contributed by atoms with E-state index in [0.29, 0.717) is 19.4 Å². The fourth-order valence-electron chi connectivity index (χ4n) is 3.94. The van der Waals surface area contributed by atoms with E-state index in [4.69, 9.17) is 9.72 Å². The molecule has 0 fully saturated rings. The Morgan fingerprint density at radius 1 is 1.00 bits per heavy atom. The van der Waals surface area contributed by atoms with Crippen LogP contribution in [0.2, 0.25) is 0 Å². The highest BCUT2D eigenvalue weighted by atomic mass is 16.5. The molecule has 0 bridgehead atoms. The highest BCUT2D eigenvalue weighted by Crippen LogP contribution is 2.29. The maximum absolute atomic E-state index is 12.5. The fraction of sp³-hybridized carbons (Fsp3) is 0.286. The number of ether oxygens (including phenoxy) is 1. The van der Waals surface area contributed by atoms with Crippen molar-refractivity contribution in [1.29, 1.82) is 0 Å². The molecule has 2 aromatic heterocycles. The van der Waals surface area contributed by atoms with Gasteiger partial charge in [0, 0.05) is 24.2 Å². The van der Waals surface area contributed by atoms with Gasteiger partial charge in [-0.1, -0.05) is 49.4 Å². The van der Waals surface area contributed by atoms with Crippen LogP contribution in [0.25, 0.3) is 28.0 Å². The summed E-state index contributed by atoms with van der Waals surface area (Å²) in [7, 11) is 0. The molecule has 0 radical (unpaired) electrons. The zero-order valence-electron chi connectivity index (χ0n) is 19.5. The molecule has 5 nitrogen and oxygen atoms in total. The first-order valence-electron chi connectivity index (χ1n) is 11.7. The first kappa shape index (κ1) is 22.6. The largest absolute Gasteiger partial charge is 0.494 e. The Morgan fingerprint density at radius 2 is 1.79 bits per heavy atom. The molecular weight excluding hydrogens is 410 g/mol. The highest BCUT2D eigenvalue weighted by Gasteiger charge is 2.16. The van der Waals surface area contributed by atoms with Gasteiger partial charge in [0.2, 0.25) is 5.91 Å². The number of pyridine rings is 1. The zero-order valence-corrected chi connectivity index (χ0v) is 19.5. The summed E-state index contributed by atoms with van der Waals surface area (Å²) in [5.41, 5.74) is 6.05. The van der Waals surface area contributed by atoms with Crippen molar-refractivity contribution in [3.63, 3.8) is 0 Å². The molecule has 0 unspecified atom stereocenters. The van der Waals surface area contributed by atoms with E-state index in [-0.39, 0.29) is 11.9 Å². The summed E-state index contributed by atoms with van der Waals surface area (Å²) >= 11 is 0. The van der Waals surface area contributed by atoms with Crippen molar-refractivity contribution >= 4 is 11.6 Å². The van der Waals surface area contributed by atoms with E-state index in [9.17, 15) is 4.79 Å². The highest BCUT2D eigenvalue weighted by molar-refractivity contribution is 5.77. The molecular formula is C28H31N3O2. The molecule has 4 rings (SSSR count). The maximum Gasteiger partial charge on any atom is 0.220 e. The van der Waals surface area contributed by atoms with Crippen LogP contribution in [0.4, 0.5) is 0 Å². The van der Waals surface area contributed by atoms with Gasteiger partial charge in [-0.05, 0) is 62.1 Å². The molecule has 0 spiro atoms. The molecule has 170 valence electrons. The van der Waals surface area contributed by atoms with E-state index < -0.39 is 0 Å². The normalized spacial score (nSPS) is 12.0. The summed E-state index contributed by atoms with van der Waals surface area (Å²) in [5.74, 6) is 0.923. The van der Waals surface area contributed by atoms with Crippen molar-refractivity contribution in [2.75, 3.05) is 6.61 Å². The summed E-state index contributed by atoms with van der Waals surface area (Å²) in [6.45, 7) is 6.72. The minimum atomic E-state index is 0.0684. The van der Waals surface area contributed by atoms with Crippen LogP contribution in [0.15, 0.2) is 72.9 Å². The Kier molecular flexibility index (Phi) is 7.08. The van der Waals surface area contributed by atoms with Gasteiger partial charge in [-0.3, -0.25) is 4.79 Å². The Hall–Kier alpha value is -3.60. The number of benzene rings is 2. The Bertz CT molecular complexity index is 1230. The van der Waals surface area contributed by atoms with Crippen molar-refractivity contribution in [3.05, 3.63) is 78.6 Å². The number of fused-ring (bicyclic) bond motifs is 1. The average molecular weight is 442 g/mol. The Morgan fingerprint density at radius 3 is 2.55 bits per heavy atom. The van der Waals surface area contributed by atoms with Crippen LogP contribution in [0.1, 0.15) is 39.3 Å². The molecule has 0 aliphatic heterocycles. The summed E-state index contributed by atoms with van der Waals surface area (Å²) in [6.07, 6.45) is 4.06. The molecule has 2 aromatic carbocycles. The van der Waals surface area contributed by atoms with E-state index >= 15 is 0 Å². The van der Waals surface area contributed by atoms with Gasteiger partial charge < -0.3 is 14.5 Å². The summed E-state index contributed by atoms with van der Waals surface area (Å²) in [4.78, 5) is 17.5. The third kappa shape index (κ3) is 5.25. The van der Waals surface area contributed by atoms with Gasteiger partial charge in [0.25, 0.3) is 0 Å². The van der Waals surface area contributed by atoms with Gasteiger partial charge >= 0.3 is 0 Å². The van der Waals surface area contributed by atoms with E-state index in [1.807, 2.05) is 50.2 Å². The third-order valence-corrected chi connectivity index (χ3v) is 5.85. The monoisotopic (exact) mass is 441 g/mol. The number of aromatic nitrogens is 2. The van der Waals surface area contributed by atoms with E-state index in [2.05, 4.69) is 53.2 Å². The van der Waals surface area contributed by atoms with Crippen molar-refractivity contribution < 1.29 is 9.53 Å². The first-order chi connectivity index (χ1) is 16.1. The van der Waals surface area contributed by atoms with Crippen LogP contribution in [-0.2, 0) is 11.2 Å². The molecule has 1 amide bonds. The topological polar surface area (TPSA) is 55.6 Å². The molecule has 4 aromatic rings. The number of hydrogen-bond acceptors (Lipinski definition) is 3. The number of carbonyl (C=O) groups is 1. The molecule has 0 aliphatic rings. The lowest BCUT2D eigenvalue weighted by Gasteiger charge is -2.12. The van der Waals surface area contributed by atoms with Gasteiger partial charge in [0.05, 0.1) is 18.0 Å². The maximum atomic E-state index is 12.5. The van der Waals surface area contributed by atoms with Crippen LogP contribution in [0.3, 0.4) is 0 Å². The van der Waals surface area contributed by atoms with Crippen molar-refractivity contribution in [1.82, 2.24) is 14.7 Å². The molecule has 0 saturated heterocycles. The smallest absolute Gasteiger partial charge is 0.220 e. The SMILES string of the molecule is CCOc1cccc(-c2ccc3nc(-c4ccccc4)c(CCC(=O)N[C@H](C)CC)n3c2)c1. The molecule has 0 saturated carbocycles. The minimum absolute atomic E-state index is 0.0684. The van der Waals surface area contributed by atoms with Crippen LogP contribution in [-0.4, -0.2) is 27.9 Å². The molecule has 1 N–H and O–H groups in total. The lowest BCUT2D eigenvalue weighted by Crippen LogP contribution is -2.32. The predicted octanol–water partition coefficient (Wildman–Crippen LogP) is 5.91. The molecule has 33 heavy (non-hydrogen) atoms. The summed E-state index contributed by atoms with van der Waals surface area (Å²) < 4.78 is 7.81. The Balaban J connectivity index is 1.74. The van der Waals surface area contributed by atoms with Crippen molar-refractivity contribution in [2.24, 2.45) is 0 Å². The predicted molar refractivity (Wildman–Crippen MR) is 133 cm³/mol. The molecule has 0 aliphatic carbocycles. The summed E-state index contributed by atoms with van der Waals surface area (Å²) in [6, 6.07) is 22.6. The first-order valence-corrected chi connectivity index (χ1v) is 11.7. The van der Waals surface area contributed by atoms with E-state index in [0.717, 1.165) is 45.9 Å². The third-order valence-electron chi connectivity index (χ3n) is 5.85. The number of aryl methyl sites for hydroxylation is 1. The number of hydrogen-bond donors (Lipinski definition) is 1. The summed E-state index contributed by atoms with van der Waals surface area (Å²) in [5, 5.41) is 3.07. The molecule has 1 atom stereocenters. The number of nitrogens with one attached hydrogen (secondary N) is 1. The standard InChI is InChI=1S/C28H31N3O2/c1-4-20(3)29-27(32)17-15-25-28(21-10-7-6-8-11-21)30-26-16-14-23(19-31(25)26)22-12-9-13-24(18-22)33-5-2/h6-14,16,18-20H,4-5,15,17H2,1-3H3,(H,29,32)/t20-/m1/s1. The van der Waals surface area contributed by atoms with Gasteiger partial charge in [-0.2, -0.15) is 0 Å². The zero-order chi connectivity index (χ0) is 23.2. The second kappa shape index (κ2) is 10.3. The lowest BCUT2D eigenvalue weighted by molar-refractivity contribution is -0.121. The number of rotatable bonds is 9. The second-order valence-corrected chi connectivity index (χ2v) is 8.26. The number of carbonyl (C=O) groups excluding carboxylic acids is 1. The fourth-order valence-corrected chi connectivity index (χ4v) is 3.94. The van der Waals surface area contributed by atoms with Crippen LogP contribution >= 0.6 is 0 Å². The average Bonchev–Trinajstić information content (AvgIpc) is 3.21. The quantitative estimate of drug-likeness (QED) is 0.351. The number of amides is 1. The number of nitrogens with zero attached hydrogens (tertiary/aromatic N) is 2. The lowest BCUT2D eigenvalue weighted by atomic mass is 10.1. The molecule has 5 heteroatoms. The van der Waals surface area contributed by atoms with Gasteiger partial charge in [0.1, 0.15) is 11.4 Å². The van der Waals surface area contributed by atoms with E-state index in [1.54, 1.807) is 0 Å². The van der Waals surface area contributed by atoms with Gasteiger partial charge in [-0.15, -0.1) is 0 Å². The van der Waals surface area contributed by atoms with Gasteiger partial charge in [-0.25, -0.2) is 4.98 Å². The van der Waals surface area contributed by atoms with Crippen LogP contribution in [0, 0.1) is 0 Å². The van der Waals surface area contributed by atoms with Crippen molar-refractivity contribution in [3.8, 4) is 28.1 Å². The second-order valence-electron chi connectivity index (χ2n) is 8.26. The van der Waals surface area contributed by atoms with E-state index in [1.165, 1.54) is 0 Å². The van der Waals surface area contributed by atoms with Crippen molar-refractivity contribution in [2.45, 2.75) is 46.1 Å². The minimum Gasteiger partial charge on any atom is -0.494 e.